The number of thiazole rings is 1. The van der Waals surface area contributed by atoms with Crippen LogP contribution in [0.1, 0.15) is 27.9 Å². The maximum atomic E-state index is 12.7. The molecule has 0 spiro atoms. The Kier molecular flexibility index (Phi) is 4.31. The normalized spacial score (nSPS) is 13.1. The van der Waals surface area contributed by atoms with Gasteiger partial charge in [0.25, 0.3) is 5.91 Å². The molecule has 6 heteroatoms. The molecule has 3 heterocycles. The molecule has 2 aromatic heterocycles. The molecule has 0 saturated carbocycles. The summed E-state index contributed by atoms with van der Waals surface area (Å²) in [6.07, 6.45) is 1.08. The summed E-state index contributed by atoms with van der Waals surface area (Å²) in [6.45, 7) is 6.10. The number of hydrogen-bond donors (Lipinski definition) is 1. The van der Waals surface area contributed by atoms with Gasteiger partial charge in [-0.1, -0.05) is 6.07 Å². The van der Waals surface area contributed by atoms with E-state index in [1.54, 1.807) is 11.3 Å². The molecule has 0 atom stereocenters. The third-order valence-electron chi connectivity index (χ3n) is 4.49. The van der Waals surface area contributed by atoms with Crippen molar-refractivity contribution in [3.63, 3.8) is 0 Å². The first-order chi connectivity index (χ1) is 12.2. The number of fused-ring (bicyclic) bond motifs is 1. The minimum absolute atomic E-state index is 0.0857. The smallest absolute Gasteiger partial charge is 0.267 e. The van der Waals surface area contributed by atoms with E-state index in [4.69, 9.17) is 0 Å². The Balaban J connectivity index is 1.57. The Morgan fingerprint density at radius 3 is 3.00 bits per heavy atom. The van der Waals surface area contributed by atoms with Gasteiger partial charge in [-0.05, 0) is 49.4 Å². The van der Waals surface area contributed by atoms with Crippen molar-refractivity contribution in [3.8, 4) is 10.6 Å². The Bertz CT molecular complexity index is 915. The lowest BCUT2D eigenvalue weighted by Crippen LogP contribution is -2.19. The molecule has 4 rings (SSSR count). The van der Waals surface area contributed by atoms with Gasteiger partial charge >= 0.3 is 0 Å². The second-order valence-corrected chi connectivity index (χ2v) is 7.85. The minimum Gasteiger partial charge on any atom is -0.371 e. The number of aryl methyl sites for hydroxylation is 1. The van der Waals surface area contributed by atoms with E-state index in [0.29, 0.717) is 4.88 Å². The van der Waals surface area contributed by atoms with Crippen molar-refractivity contribution in [2.24, 2.45) is 0 Å². The molecule has 0 fully saturated rings. The number of likely N-dealkylation sites (N-methyl/N-ethyl adjacent to an activating group) is 1. The van der Waals surface area contributed by atoms with Crippen molar-refractivity contribution in [1.29, 1.82) is 0 Å². The van der Waals surface area contributed by atoms with Crippen LogP contribution in [0.4, 0.5) is 11.4 Å². The zero-order valence-electron chi connectivity index (χ0n) is 14.2. The van der Waals surface area contributed by atoms with Crippen LogP contribution in [0, 0.1) is 6.92 Å². The zero-order valence-corrected chi connectivity index (χ0v) is 15.8. The first-order valence-corrected chi connectivity index (χ1v) is 10.1. The number of rotatable bonds is 4. The van der Waals surface area contributed by atoms with Crippen LogP contribution in [0.15, 0.2) is 35.0 Å². The molecule has 1 aromatic carbocycles. The topological polar surface area (TPSA) is 45.2 Å². The first-order valence-electron chi connectivity index (χ1n) is 8.35. The molecule has 3 aromatic rings. The average Bonchev–Trinajstić information content (AvgIpc) is 3.33. The fourth-order valence-corrected chi connectivity index (χ4v) is 4.83. The summed E-state index contributed by atoms with van der Waals surface area (Å²) in [6, 6.07) is 8.23. The molecule has 0 radical (unpaired) electrons. The van der Waals surface area contributed by atoms with Gasteiger partial charge in [0.2, 0.25) is 0 Å². The second kappa shape index (κ2) is 6.61. The monoisotopic (exact) mass is 369 g/mol. The highest BCUT2D eigenvalue weighted by atomic mass is 32.1. The van der Waals surface area contributed by atoms with Gasteiger partial charge in [0.15, 0.2) is 0 Å². The van der Waals surface area contributed by atoms with Gasteiger partial charge in [0.05, 0.1) is 5.69 Å². The van der Waals surface area contributed by atoms with E-state index in [9.17, 15) is 4.79 Å². The maximum Gasteiger partial charge on any atom is 0.267 e. The molecule has 1 aliphatic heterocycles. The largest absolute Gasteiger partial charge is 0.371 e. The number of amides is 1. The van der Waals surface area contributed by atoms with Gasteiger partial charge in [-0.25, -0.2) is 4.98 Å². The van der Waals surface area contributed by atoms with Crippen LogP contribution in [0.3, 0.4) is 0 Å². The summed E-state index contributed by atoms with van der Waals surface area (Å²) in [5.74, 6) is -0.0857. The third kappa shape index (κ3) is 3.07. The second-order valence-electron chi connectivity index (χ2n) is 6.07. The van der Waals surface area contributed by atoms with E-state index in [1.165, 1.54) is 22.6 Å². The number of nitrogens with one attached hydrogen (secondary N) is 1. The Labute approximate surface area is 155 Å². The molecule has 128 valence electrons. The fourth-order valence-electron chi connectivity index (χ4n) is 3.16. The number of anilines is 2. The van der Waals surface area contributed by atoms with Crippen LogP contribution in [0.5, 0.6) is 0 Å². The van der Waals surface area contributed by atoms with Crippen molar-refractivity contribution >= 4 is 40.0 Å². The van der Waals surface area contributed by atoms with Crippen molar-refractivity contribution in [2.75, 3.05) is 23.3 Å². The van der Waals surface area contributed by atoms with E-state index >= 15 is 0 Å². The van der Waals surface area contributed by atoms with Gasteiger partial charge < -0.3 is 10.2 Å². The lowest BCUT2D eigenvalue weighted by atomic mass is 10.1. The molecular formula is C19H19N3OS2. The number of carbonyl (C=O) groups excluding carboxylic acids is 1. The molecule has 4 nitrogen and oxygen atoms in total. The zero-order chi connectivity index (χ0) is 17.4. The highest BCUT2D eigenvalue weighted by Gasteiger charge is 2.20. The predicted molar refractivity (Wildman–Crippen MR) is 106 cm³/mol. The molecule has 0 bridgehead atoms. The quantitative estimate of drug-likeness (QED) is 0.717. The summed E-state index contributed by atoms with van der Waals surface area (Å²) < 4.78 is 0. The van der Waals surface area contributed by atoms with Crippen LogP contribution in [0.25, 0.3) is 10.6 Å². The summed E-state index contributed by atoms with van der Waals surface area (Å²) in [5, 5.41) is 8.02. The highest BCUT2D eigenvalue weighted by molar-refractivity contribution is 7.17. The summed E-state index contributed by atoms with van der Waals surface area (Å²) in [4.78, 5) is 20.3. The number of hydrogen-bond acceptors (Lipinski definition) is 5. The number of benzene rings is 1. The van der Waals surface area contributed by atoms with Crippen molar-refractivity contribution in [3.05, 3.63) is 51.2 Å². The highest BCUT2D eigenvalue weighted by Crippen LogP contribution is 2.32. The number of carbonyl (C=O) groups is 1. The van der Waals surface area contributed by atoms with Crippen LogP contribution in [-0.4, -0.2) is 24.0 Å². The summed E-state index contributed by atoms with van der Waals surface area (Å²) in [7, 11) is 0. The third-order valence-corrected chi connectivity index (χ3v) is 6.38. The van der Waals surface area contributed by atoms with E-state index in [2.05, 4.69) is 39.6 Å². The van der Waals surface area contributed by atoms with Gasteiger partial charge in [-0.15, -0.1) is 11.3 Å². The molecule has 25 heavy (non-hydrogen) atoms. The SMILES string of the molecule is CCN1CCc2ccc(NC(=O)c3sc(-c4ccsc4)nc3C)cc21. The van der Waals surface area contributed by atoms with Gasteiger partial charge in [0.1, 0.15) is 9.88 Å². The predicted octanol–water partition coefficient (Wildman–Crippen LogP) is 4.81. The molecule has 0 saturated heterocycles. The van der Waals surface area contributed by atoms with Gasteiger partial charge in [0, 0.05) is 35.4 Å². The molecule has 1 aliphatic rings. The Hall–Kier alpha value is -2.18. The van der Waals surface area contributed by atoms with Crippen LogP contribution < -0.4 is 10.2 Å². The standard InChI is InChI=1S/C19H19N3OS2/c1-3-22-8-6-13-4-5-15(10-16(13)22)21-18(23)17-12(2)20-19(25-17)14-7-9-24-11-14/h4-5,7,9-11H,3,6,8H2,1-2H3,(H,21,23). The minimum atomic E-state index is -0.0857. The summed E-state index contributed by atoms with van der Waals surface area (Å²) in [5.41, 5.74) is 5.29. The van der Waals surface area contributed by atoms with E-state index < -0.39 is 0 Å². The fraction of sp³-hybridized carbons (Fsp3) is 0.263. The molecule has 1 N–H and O–H groups in total. The van der Waals surface area contributed by atoms with Gasteiger partial charge in [-0.3, -0.25) is 4.79 Å². The van der Waals surface area contributed by atoms with Crippen LogP contribution in [-0.2, 0) is 6.42 Å². The van der Waals surface area contributed by atoms with Crippen molar-refractivity contribution in [1.82, 2.24) is 4.98 Å². The van der Waals surface area contributed by atoms with E-state index in [1.807, 2.05) is 24.4 Å². The Morgan fingerprint density at radius 1 is 1.36 bits per heavy atom. The van der Waals surface area contributed by atoms with Crippen LogP contribution >= 0.6 is 22.7 Å². The van der Waals surface area contributed by atoms with Crippen molar-refractivity contribution < 1.29 is 4.79 Å². The number of thiophene rings is 1. The van der Waals surface area contributed by atoms with E-state index in [0.717, 1.165) is 41.5 Å². The molecule has 0 unspecified atom stereocenters. The maximum absolute atomic E-state index is 12.7. The Morgan fingerprint density at radius 2 is 2.24 bits per heavy atom. The molecule has 0 aliphatic carbocycles. The molecule has 1 amide bonds. The van der Waals surface area contributed by atoms with Crippen molar-refractivity contribution in [2.45, 2.75) is 20.3 Å². The first kappa shape index (κ1) is 16.3. The van der Waals surface area contributed by atoms with Crippen LogP contribution in [0.2, 0.25) is 0 Å². The summed E-state index contributed by atoms with van der Waals surface area (Å²) >= 11 is 3.08. The number of nitrogens with zero attached hydrogens (tertiary/aromatic N) is 2. The van der Waals surface area contributed by atoms with E-state index in [-0.39, 0.29) is 5.91 Å². The molecular weight excluding hydrogens is 350 g/mol. The lowest BCUT2D eigenvalue weighted by Gasteiger charge is -2.17. The average molecular weight is 370 g/mol. The lowest BCUT2D eigenvalue weighted by molar-refractivity contribution is 0.103. The number of aromatic nitrogens is 1. The van der Waals surface area contributed by atoms with Gasteiger partial charge in [-0.2, -0.15) is 11.3 Å².